The van der Waals surface area contributed by atoms with Crippen LogP contribution in [-0.2, 0) is 29.3 Å². The average molecular weight is 712 g/mol. The normalized spacial score (nSPS) is 15.4. The molecule has 2 aliphatic rings. The maximum atomic E-state index is 13.8. The Balaban J connectivity index is 0.00000520. The number of imidazole rings is 1. The second-order valence-corrected chi connectivity index (χ2v) is 11.6. The first-order chi connectivity index (χ1) is 22.5. The minimum absolute atomic E-state index is 0. The number of hydrogen-bond donors (Lipinski definition) is 2. The Kier molecular flexibility index (Phi) is 12.1. The molecule has 0 radical (unpaired) electrons. The predicted octanol–water partition coefficient (Wildman–Crippen LogP) is 3.56. The van der Waals surface area contributed by atoms with Crippen LogP contribution in [0.5, 0.6) is 0 Å². The number of nitrogens with zero attached hydrogens (tertiary/aromatic N) is 6. The number of benzene rings is 1. The quantitative estimate of drug-likeness (QED) is 0.359. The highest BCUT2D eigenvalue weighted by Crippen LogP contribution is 2.36. The lowest BCUT2D eigenvalue weighted by Crippen LogP contribution is -2.52. The van der Waals surface area contributed by atoms with Gasteiger partial charge >= 0.3 is 6.18 Å². The highest BCUT2D eigenvalue weighted by atomic mass is 35.5. The Morgan fingerprint density at radius 2 is 1.79 bits per heavy atom. The van der Waals surface area contributed by atoms with Gasteiger partial charge in [0.1, 0.15) is 13.2 Å². The molecule has 2 N–H and O–H groups in total. The van der Waals surface area contributed by atoms with Gasteiger partial charge in [-0.25, -0.2) is 4.98 Å². The zero-order valence-corrected chi connectivity index (χ0v) is 27.8. The zero-order valence-electron chi connectivity index (χ0n) is 26.3. The van der Waals surface area contributed by atoms with Gasteiger partial charge in [0.2, 0.25) is 5.91 Å². The number of ether oxygens (including phenoxy) is 1. The second kappa shape index (κ2) is 15.9. The SMILES string of the molecule is COCC#CCn1cc(-c2cnc(C(=O)Nc3ccc(C(=O)N4CCN(C(=O)C5CCNCC5)CC4)c(Cl)c3)n2C)c(C(F)(F)F)n1.Cl. The number of piperazine rings is 1. The number of alkyl halides is 3. The maximum absolute atomic E-state index is 13.8. The van der Waals surface area contributed by atoms with Gasteiger partial charge in [0.15, 0.2) is 11.5 Å². The monoisotopic (exact) mass is 710 g/mol. The van der Waals surface area contributed by atoms with Gasteiger partial charge in [0.25, 0.3) is 11.8 Å². The van der Waals surface area contributed by atoms with E-state index >= 15 is 0 Å². The van der Waals surface area contributed by atoms with E-state index in [2.05, 4.69) is 32.6 Å². The Hall–Kier alpha value is -4.10. The van der Waals surface area contributed by atoms with E-state index in [1.807, 2.05) is 4.90 Å². The highest BCUT2D eigenvalue weighted by Gasteiger charge is 2.38. The molecule has 5 rings (SSSR count). The van der Waals surface area contributed by atoms with Gasteiger partial charge < -0.3 is 29.7 Å². The van der Waals surface area contributed by atoms with Crippen molar-refractivity contribution in [3.63, 3.8) is 0 Å². The predicted molar refractivity (Wildman–Crippen MR) is 174 cm³/mol. The van der Waals surface area contributed by atoms with Crippen LogP contribution in [0, 0.1) is 17.8 Å². The Morgan fingerprint density at radius 3 is 2.44 bits per heavy atom. The first kappa shape index (κ1) is 36.7. The molecule has 17 heteroatoms. The molecule has 12 nitrogen and oxygen atoms in total. The summed E-state index contributed by atoms with van der Waals surface area (Å²) in [6, 6.07) is 4.42. The minimum atomic E-state index is -4.76. The van der Waals surface area contributed by atoms with Gasteiger partial charge in [0, 0.05) is 58.1 Å². The third-order valence-electron chi connectivity index (χ3n) is 8.10. The molecule has 2 aromatic heterocycles. The van der Waals surface area contributed by atoms with E-state index in [4.69, 9.17) is 16.3 Å². The smallest absolute Gasteiger partial charge is 0.372 e. The van der Waals surface area contributed by atoms with Gasteiger partial charge in [-0.05, 0) is 44.1 Å². The van der Waals surface area contributed by atoms with Crippen LogP contribution in [0.3, 0.4) is 0 Å². The van der Waals surface area contributed by atoms with Crippen LogP contribution in [0.2, 0.25) is 5.02 Å². The molecule has 0 bridgehead atoms. The van der Waals surface area contributed by atoms with Crippen molar-refractivity contribution < 1.29 is 32.3 Å². The molecule has 2 saturated heterocycles. The maximum Gasteiger partial charge on any atom is 0.435 e. The molecule has 258 valence electrons. The van der Waals surface area contributed by atoms with Gasteiger partial charge in [0.05, 0.1) is 28.0 Å². The number of nitrogens with one attached hydrogen (secondary N) is 2. The van der Waals surface area contributed by atoms with Crippen LogP contribution < -0.4 is 10.6 Å². The number of carbonyl (C=O) groups is 3. The number of methoxy groups -OCH3 is 1. The van der Waals surface area contributed by atoms with Crippen molar-refractivity contribution in [2.45, 2.75) is 25.6 Å². The lowest BCUT2D eigenvalue weighted by Gasteiger charge is -2.37. The number of piperidine rings is 1. The van der Waals surface area contributed by atoms with E-state index in [1.54, 1.807) is 4.90 Å². The summed E-state index contributed by atoms with van der Waals surface area (Å²) in [6.07, 6.45) is -0.773. The van der Waals surface area contributed by atoms with E-state index in [0.29, 0.717) is 26.2 Å². The number of anilines is 1. The standard InChI is InChI=1S/C31H34ClF3N8O4.ClH/c1-40-25(23-19-43(11-3-4-16-47-2)39-26(23)31(33,34)35)18-37-27(40)28(44)38-21-5-6-22(24(32)17-21)30(46)42-14-12-41(13-15-42)29(45)20-7-9-36-10-8-20;/h5-6,17-20,36H,7-16H2,1-2H3,(H,38,44);1H. The molecule has 0 atom stereocenters. The van der Waals surface area contributed by atoms with Gasteiger partial charge in [-0.1, -0.05) is 23.4 Å². The van der Waals surface area contributed by atoms with Crippen LogP contribution in [0.25, 0.3) is 11.3 Å². The molecule has 0 aliphatic carbocycles. The van der Waals surface area contributed by atoms with Crippen molar-refractivity contribution in [3.8, 4) is 23.1 Å². The Labute approximate surface area is 286 Å². The molecule has 3 aromatic rings. The van der Waals surface area contributed by atoms with E-state index in [0.717, 1.165) is 36.8 Å². The minimum Gasteiger partial charge on any atom is -0.372 e. The number of hydrogen-bond acceptors (Lipinski definition) is 7. The number of aromatic nitrogens is 4. The van der Waals surface area contributed by atoms with Crippen molar-refractivity contribution in [1.29, 1.82) is 0 Å². The molecule has 0 unspecified atom stereocenters. The fourth-order valence-corrected chi connectivity index (χ4v) is 5.87. The molecule has 3 amide bonds. The summed E-state index contributed by atoms with van der Waals surface area (Å²) >= 11 is 6.46. The molecule has 2 fully saturated rings. The van der Waals surface area contributed by atoms with Crippen molar-refractivity contribution in [1.82, 2.24) is 34.4 Å². The average Bonchev–Trinajstić information content (AvgIpc) is 3.66. The van der Waals surface area contributed by atoms with E-state index < -0.39 is 17.8 Å². The summed E-state index contributed by atoms with van der Waals surface area (Å²) < 4.78 is 48.6. The molecule has 48 heavy (non-hydrogen) atoms. The number of carbonyl (C=O) groups excluding carboxylic acids is 3. The largest absolute Gasteiger partial charge is 0.435 e. The van der Waals surface area contributed by atoms with Crippen LogP contribution in [-0.4, -0.2) is 99.8 Å². The van der Waals surface area contributed by atoms with Gasteiger partial charge in [-0.15, -0.1) is 12.4 Å². The molecule has 0 saturated carbocycles. The molecule has 1 aromatic carbocycles. The fraction of sp³-hybridized carbons (Fsp3) is 0.452. The number of rotatable bonds is 7. The summed E-state index contributed by atoms with van der Waals surface area (Å²) in [6.45, 7) is 3.33. The van der Waals surface area contributed by atoms with E-state index in [9.17, 15) is 27.6 Å². The summed E-state index contributed by atoms with van der Waals surface area (Å²) in [4.78, 5) is 46.8. The van der Waals surface area contributed by atoms with Crippen molar-refractivity contribution in [3.05, 3.63) is 52.7 Å². The lowest BCUT2D eigenvalue weighted by atomic mass is 9.96. The van der Waals surface area contributed by atoms with Gasteiger partial charge in [-0.2, -0.15) is 18.3 Å². The van der Waals surface area contributed by atoms with Crippen LogP contribution >= 0.6 is 24.0 Å². The van der Waals surface area contributed by atoms with Crippen molar-refractivity contribution >= 4 is 47.4 Å². The van der Waals surface area contributed by atoms with E-state index in [1.165, 1.54) is 43.1 Å². The molecule has 2 aliphatic heterocycles. The first-order valence-electron chi connectivity index (χ1n) is 15.0. The molecule has 4 heterocycles. The summed E-state index contributed by atoms with van der Waals surface area (Å²) in [5.41, 5.74) is -0.872. The highest BCUT2D eigenvalue weighted by molar-refractivity contribution is 6.34. The molecular weight excluding hydrogens is 676 g/mol. The summed E-state index contributed by atoms with van der Waals surface area (Å²) in [5.74, 6) is 4.35. The summed E-state index contributed by atoms with van der Waals surface area (Å²) in [5, 5.41) is 9.66. The van der Waals surface area contributed by atoms with Crippen molar-refractivity contribution in [2.75, 3.05) is 58.3 Å². The first-order valence-corrected chi connectivity index (χ1v) is 15.4. The van der Waals surface area contributed by atoms with Gasteiger partial charge in [-0.3, -0.25) is 19.1 Å². The molecule has 0 spiro atoms. The fourth-order valence-electron chi connectivity index (χ4n) is 5.61. The number of halogens is 5. The van der Waals surface area contributed by atoms with E-state index in [-0.39, 0.29) is 76.6 Å². The summed E-state index contributed by atoms with van der Waals surface area (Å²) in [7, 11) is 2.87. The number of amides is 3. The second-order valence-electron chi connectivity index (χ2n) is 11.2. The Bertz CT molecular complexity index is 1700. The third kappa shape index (κ3) is 8.30. The zero-order chi connectivity index (χ0) is 33.7. The van der Waals surface area contributed by atoms with Crippen molar-refractivity contribution in [2.24, 2.45) is 13.0 Å². The molecular formula is C31H35Cl2F3N8O4. The van der Waals surface area contributed by atoms with Crippen LogP contribution in [0.1, 0.15) is 39.5 Å². The van der Waals surface area contributed by atoms with Crippen LogP contribution in [0.15, 0.2) is 30.6 Å². The van der Waals surface area contributed by atoms with Crippen LogP contribution in [0.4, 0.5) is 18.9 Å². The third-order valence-corrected chi connectivity index (χ3v) is 8.42. The Morgan fingerprint density at radius 1 is 1.10 bits per heavy atom. The lowest BCUT2D eigenvalue weighted by molar-refractivity contribution is -0.141. The topological polar surface area (TPSA) is 127 Å².